The van der Waals surface area contributed by atoms with Crippen molar-refractivity contribution in [3.8, 4) is 11.5 Å². The molecule has 1 heterocycles. The van der Waals surface area contributed by atoms with Crippen LogP contribution in [0.25, 0.3) is 0 Å². The average molecular weight is 269 g/mol. The summed E-state index contributed by atoms with van der Waals surface area (Å²) in [6.07, 6.45) is 0.160. The van der Waals surface area contributed by atoms with E-state index in [4.69, 9.17) is 9.47 Å². The topological polar surface area (TPSA) is 21.7 Å². The summed E-state index contributed by atoms with van der Waals surface area (Å²) < 4.78 is 11.6. The van der Waals surface area contributed by atoms with Crippen molar-refractivity contribution in [2.24, 2.45) is 0 Å². The lowest BCUT2D eigenvalue weighted by molar-refractivity contribution is 0.242. The maximum atomic E-state index is 5.93. The summed E-state index contributed by atoms with van der Waals surface area (Å²) in [6.45, 7) is 5.61. The molecule has 0 radical (unpaired) electrons. The number of hydrogen-bond donors (Lipinski definition) is 0. The molecular weight excluding hydrogens is 250 g/mol. The Morgan fingerprint density at radius 2 is 1.70 bits per heavy atom. The van der Waals surface area contributed by atoms with E-state index in [2.05, 4.69) is 17.0 Å². The van der Waals surface area contributed by atoms with Crippen molar-refractivity contribution in [2.75, 3.05) is 18.1 Å². The van der Waals surface area contributed by atoms with E-state index in [1.165, 1.54) is 0 Å². The number of benzene rings is 2. The minimum atomic E-state index is 0.160. The monoisotopic (exact) mass is 269 g/mol. The zero-order valence-electron chi connectivity index (χ0n) is 11.9. The molecule has 2 aromatic rings. The van der Waals surface area contributed by atoms with Gasteiger partial charge in [0.25, 0.3) is 0 Å². The zero-order chi connectivity index (χ0) is 13.9. The highest BCUT2D eigenvalue weighted by atomic mass is 16.5. The fourth-order valence-electron chi connectivity index (χ4n) is 2.45. The van der Waals surface area contributed by atoms with Crippen LogP contribution in [-0.4, -0.2) is 19.3 Å². The molecule has 104 valence electrons. The van der Waals surface area contributed by atoms with Crippen molar-refractivity contribution in [3.05, 3.63) is 48.5 Å². The van der Waals surface area contributed by atoms with Gasteiger partial charge in [-0.1, -0.05) is 24.3 Å². The van der Waals surface area contributed by atoms with Crippen molar-refractivity contribution in [1.82, 2.24) is 0 Å². The second-order valence-electron chi connectivity index (χ2n) is 5.10. The summed E-state index contributed by atoms with van der Waals surface area (Å²) in [6, 6.07) is 16.3. The van der Waals surface area contributed by atoms with Gasteiger partial charge in [-0.05, 0) is 38.1 Å². The maximum Gasteiger partial charge on any atom is 0.143 e. The van der Waals surface area contributed by atoms with Gasteiger partial charge in [0, 0.05) is 0 Å². The molecule has 0 aliphatic carbocycles. The van der Waals surface area contributed by atoms with Gasteiger partial charge in [0.2, 0.25) is 0 Å². The van der Waals surface area contributed by atoms with Crippen molar-refractivity contribution in [1.29, 1.82) is 0 Å². The molecular formula is C17H19NO2. The summed E-state index contributed by atoms with van der Waals surface area (Å²) >= 11 is 0. The highest BCUT2D eigenvalue weighted by Gasteiger charge is 2.21. The first-order chi connectivity index (χ1) is 9.75. The zero-order valence-corrected chi connectivity index (χ0v) is 11.9. The molecule has 0 amide bonds. The van der Waals surface area contributed by atoms with Crippen molar-refractivity contribution in [2.45, 2.75) is 20.0 Å². The summed E-state index contributed by atoms with van der Waals surface area (Å²) in [5.41, 5.74) is 2.19. The standard InChI is InChI=1S/C17H19NO2/c1-13(2)20-17-10-6-4-8-15(17)18-11-12-19-16-9-5-3-7-14(16)18/h3-10,13H,11-12H2,1-2H3. The van der Waals surface area contributed by atoms with Crippen LogP contribution in [0.5, 0.6) is 11.5 Å². The Morgan fingerprint density at radius 1 is 1.00 bits per heavy atom. The molecule has 2 aromatic carbocycles. The van der Waals surface area contributed by atoms with Crippen molar-refractivity contribution >= 4 is 11.4 Å². The molecule has 0 bridgehead atoms. The molecule has 0 N–H and O–H groups in total. The Kier molecular flexibility index (Phi) is 3.50. The van der Waals surface area contributed by atoms with Crippen LogP contribution in [0.2, 0.25) is 0 Å². The van der Waals surface area contributed by atoms with Crippen LogP contribution in [0.1, 0.15) is 13.8 Å². The number of para-hydroxylation sites is 4. The molecule has 20 heavy (non-hydrogen) atoms. The lowest BCUT2D eigenvalue weighted by Gasteiger charge is -2.32. The molecule has 0 saturated heterocycles. The van der Waals surface area contributed by atoms with Crippen LogP contribution in [0.4, 0.5) is 11.4 Å². The van der Waals surface area contributed by atoms with Gasteiger partial charge in [0.05, 0.1) is 24.0 Å². The smallest absolute Gasteiger partial charge is 0.143 e. The van der Waals surface area contributed by atoms with Crippen molar-refractivity contribution in [3.63, 3.8) is 0 Å². The number of hydrogen-bond acceptors (Lipinski definition) is 3. The number of fused-ring (bicyclic) bond motifs is 1. The Bertz CT molecular complexity index is 595. The highest BCUT2D eigenvalue weighted by molar-refractivity contribution is 5.74. The van der Waals surface area contributed by atoms with Crippen LogP contribution in [0.15, 0.2) is 48.5 Å². The van der Waals surface area contributed by atoms with Gasteiger partial charge < -0.3 is 14.4 Å². The van der Waals surface area contributed by atoms with Crippen LogP contribution in [-0.2, 0) is 0 Å². The molecule has 3 heteroatoms. The summed E-state index contributed by atoms with van der Waals surface area (Å²) in [7, 11) is 0. The molecule has 1 aliphatic rings. The van der Waals surface area contributed by atoms with Gasteiger partial charge in [0.1, 0.15) is 18.1 Å². The normalized spacial score (nSPS) is 13.8. The molecule has 3 nitrogen and oxygen atoms in total. The Balaban J connectivity index is 2.02. The molecule has 0 atom stereocenters. The van der Waals surface area contributed by atoms with E-state index in [1.807, 2.05) is 50.2 Å². The van der Waals surface area contributed by atoms with Gasteiger partial charge in [0.15, 0.2) is 0 Å². The average Bonchev–Trinajstić information content (AvgIpc) is 2.47. The van der Waals surface area contributed by atoms with Crippen LogP contribution in [0.3, 0.4) is 0 Å². The molecule has 0 saturated carbocycles. The van der Waals surface area contributed by atoms with Gasteiger partial charge in [-0.3, -0.25) is 0 Å². The van der Waals surface area contributed by atoms with Crippen LogP contribution < -0.4 is 14.4 Å². The van der Waals surface area contributed by atoms with E-state index in [-0.39, 0.29) is 6.10 Å². The van der Waals surface area contributed by atoms with E-state index in [0.717, 1.165) is 29.4 Å². The van der Waals surface area contributed by atoms with E-state index < -0.39 is 0 Å². The Labute approximate surface area is 119 Å². The largest absolute Gasteiger partial charge is 0.490 e. The number of rotatable bonds is 3. The maximum absolute atomic E-state index is 5.93. The molecule has 1 aliphatic heterocycles. The summed E-state index contributed by atoms with van der Waals surface area (Å²) in [4.78, 5) is 2.26. The first-order valence-electron chi connectivity index (χ1n) is 7.01. The summed E-state index contributed by atoms with van der Waals surface area (Å²) in [5, 5.41) is 0. The molecule has 0 aromatic heterocycles. The number of nitrogens with zero attached hydrogens (tertiary/aromatic N) is 1. The number of anilines is 2. The molecule has 0 unspecified atom stereocenters. The third-order valence-corrected chi connectivity index (χ3v) is 3.25. The van der Waals surface area contributed by atoms with Gasteiger partial charge in [-0.15, -0.1) is 0 Å². The van der Waals surface area contributed by atoms with Crippen molar-refractivity contribution < 1.29 is 9.47 Å². The summed E-state index contributed by atoms with van der Waals surface area (Å²) in [5.74, 6) is 1.84. The van der Waals surface area contributed by atoms with Gasteiger partial charge >= 0.3 is 0 Å². The SMILES string of the molecule is CC(C)Oc1ccccc1N1CCOc2ccccc21. The molecule has 0 fully saturated rings. The minimum Gasteiger partial charge on any atom is -0.490 e. The molecule has 3 rings (SSSR count). The number of ether oxygens (including phenoxy) is 2. The van der Waals surface area contributed by atoms with E-state index in [0.29, 0.717) is 6.61 Å². The predicted molar refractivity (Wildman–Crippen MR) is 81.1 cm³/mol. The Hall–Kier alpha value is -2.16. The third kappa shape index (κ3) is 2.44. The van der Waals surface area contributed by atoms with E-state index >= 15 is 0 Å². The first-order valence-corrected chi connectivity index (χ1v) is 7.01. The fourth-order valence-corrected chi connectivity index (χ4v) is 2.45. The lowest BCUT2D eigenvalue weighted by Crippen LogP contribution is -2.29. The van der Waals surface area contributed by atoms with Gasteiger partial charge in [-0.25, -0.2) is 0 Å². The second-order valence-corrected chi connectivity index (χ2v) is 5.10. The lowest BCUT2D eigenvalue weighted by atomic mass is 10.2. The Morgan fingerprint density at radius 3 is 2.50 bits per heavy atom. The predicted octanol–water partition coefficient (Wildman–Crippen LogP) is 4.00. The van der Waals surface area contributed by atoms with Gasteiger partial charge in [-0.2, -0.15) is 0 Å². The fraction of sp³-hybridized carbons (Fsp3) is 0.294. The van der Waals surface area contributed by atoms with Crippen LogP contribution in [0, 0.1) is 0 Å². The first kappa shape index (κ1) is 12.9. The third-order valence-electron chi connectivity index (χ3n) is 3.25. The quantitative estimate of drug-likeness (QED) is 0.840. The molecule has 0 spiro atoms. The van der Waals surface area contributed by atoms with E-state index in [1.54, 1.807) is 0 Å². The minimum absolute atomic E-state index is 0.160. The van der Waals surface area contributed by atoms with E-state index in [9.17, 15) is 0 Å². The second kappa shape index (κ2) is 5.45. The van der Waals surface area contributed by atoms with Crippen LogP contribution >= 0.6 is 0 Å². The highest BCUT2D eigenvalue weighted by Crippen LogP contribution is 2.40.